The van der Waals surface area contributed by atoms with Crippen LogP contribution >= 0.6 is 15.9 Å². The standard InChI is InChI=1S/C21H24BrN3O4/c22-15-9-19(28-8-7-26)20(23-10-15)21(27)24-16-3-5-17(6-4-16)29-18-12-25(13-18)11-14-1-2-14/h3-6,9-10,14,18,26H,1-2,7-8,11-13H2,(H,24,27). The number of carbonyl (C=O) groups is 1. The predicted octanol–water partition coefficient (Wildman–Crippen LogP) is 2.94. The van der Waals surface area contributed by atoms with Crippen LogP contribution in [0, 0.1) is 5.92 Å². The number of aliphatic hydroxyl groups excluding tert-OH is 1. The Hall–Kier alpha value is -2.16. The number of benzene rings is 1. The summed E-state index contributed by atoms with van der Waals surface area (Å²) in [6.45, 7) is 3.12. The Labute approximate surface area is 178 Å². The fourth-order valence-corrected chi connectivity index (χ4v) is 3.58. The third-order valence-electron chi connectivity index (χ3n) is 4.94. The number of hydrogen-bond donors (Lipinski definition) is 2. The molecule has 1 saturated carbocycles. The number of rotatable bonds is 9. The van der Waals surface area contributed by atoms with Crippen molar-refractivity contribution in [1.82, 2.24) is 9.88 Å². The minimum atomic E-state index is -0.381. The molecule has 2 aromatic rings. The van der Waals surface area contributed by atoms with E-state index in [1.807, 2.05) is 12.1 Å². The molecule has 0 atom stereocenters. The van der Waals surface area contributed by atoms with E-state index in [9.17, 15) is 4.79 Å². The van der Waals surface area contributed by atoms with E-state index < -0.39 is 0 Å². The summed E-state index contributed by atoms with van der Waals surface area (Å²) < 4.78 is 12.1. The highest BCUT2D eigenvalue weighted by Crippen LogP contribution is 2.31. The lowest BCUT2D eigenvalue weighted by Crippen LogP contribution is -2.54. The molecular formula is C21H24BrN3O4. The van der Waals surface area contributed by atoms with E-state index in [1.54, 1.807) is 18.2 Å². The Morgan fingerprint density at radius 3 is 2.72 bits per heavy atom. The third-order valence-corrected chi connectivity index (χ3v) is 5.37. The Morgan fingerprint density at radius 1 is 1.28 bits per heavy atom. The molecule has 29 heavy (non-hydrogen) atoms. The maximum atomic E-state index is 12.6. The van der Waals surface area contributed by atoms with Gasteiger partial charge in [0.1, 0.15) is 18.5 Å². The highest BCUT2D eigenvalue weighted by atomic mass is 79.9. The number of amides is 1. The SMILES string of the molecule is O=C(Nc1ccc(OC2CN(CC3CC3)C2)cc1)c1ncc(Br)cc1OCCO. The van der Waals surface area contributed by atoms with Crippen LogP contribution in [0.2, 0.25) is 0 Å². The van der Waals surface area contributed by atoms with Gasteiger partial charge in [-0.1, -0.05) is 0 Å². The molecule has 7 nitrogen and oxygen atoms in total. The van der Waals surface area contributed by atoms with E-state index in [0.29, 0.717) is 15.9 Å². The topological polar surface area (TPSA) is 83.9 Å². The molecule has 2 fully saturated rings. The number of ether oxygens (including phenoxy) is 2. The molecule has 0 radical (unpaired) electrons. The number of halogens is 1. The second-order valence-electron chi connectivity index (χ2n) is 7.45. The maximum absolute atomic E-state index is 12.6. The number of hydrogen-bond acceptors (Lipinski definition) is 6. The number of aliphatic hydroxyl groups is 1. The third kappa shape index (κ3) is 5.46. The molecule has 1 aromatic carbocycles. The van der Waals surface area contributed by atoms with Gasteiger partial charge in [0, 0.05) is 36.0 Å². The number of carbonyl (C=O) groups excluding carboxylic acids is 1. The normalized spacial score (nSPS) is 16.9. The molecule has 2 aliphatic rings. The summed E-state index contributed by atoms with van der Waals surface area (Å²) in [5.74, 6) is 1.64. The molecule has 1 aliphatic heterocycles. The highest BCUT2D eigenvalue weighted by Gasteiger charge is 2.33. The minimum Gasteiger partial charge on any atom is -0.489 e. The summed E-state index contributed by atoms with van der Waals surface area (Å²) in [6.07, 6.45) is 4.52. The zero-order chi connectivity index (χ0) is 20.2. The fraction of sp³-hybridized carbons (Fsp3) is 0.429. The van der Waals surface area contributed by atoms with Gasteiger partial charge in [-0.3, -0.25) is 9.69 Å². The molecule has 0 bridgehead atoms. The molecule has 0 unspecified atom stereocenters. The maximum Gasteiger partial charge on any atom is 0.278 e. The lowest BCUT2D eigenvalue weighted by atomic mass is 10.1. The van der Waals surface area contributed by atoms with Crippen LogP contribution in [0.3, 0.4) is 0 Å². The first-order chi connectivity index (χ1) is 14.1. The number of pyridine rings is 1. The number of aromatic nitrogens is 1. The molecule has 0 spiro atoms. The lowest BCUT2D eigenvalue weighted by molar-refractivity contribution is 0.0172. The van der Waals surface area contributed by atoms with E-state index in [4.69, 9.17) is 14.6 Å². The molecule has 1 aromatic heterocycles. The first-order valence-corrected chi connectivity index (χ1v) is 10.6. The Morgan fingerprint density at radius 2 is 2.03 bits per heavy atom. The molecular weight excluding hydrogens is 438 g/mol. The van der Waals surface area contributed by atoms with Gasteiger partial charge in [-0.15, -0.1) is 0 Å². The number of likely N-dealkylation sites (tertiary alicyclic amines) is 1. The first kappa shape index (κ1) is 20.1. The first-order valence-electron chi connectivity index (χ1n) is 9.80. The van der Waals surface area contributed by atoms with Gasteiger partial charge < -0.3 is 19.9 Å². The zero-order valence-electron chi connectivity index (χ0n) is 16.0. The van der Waals surface area contributed by atoms with Gasteiger partial charge in [0.05, 0.1) is 6.61 Å². The largest absolute Gasteiger partial charge is 0.489 e. The molecule has 4 rings (SSSR count). The van der Waals surface area contributed by atoms with Gasteiger partial charge in [-0.05, 0) is 65.0 Å². The van der Waals surface area contributed by atoms with Crippen molar-refractivity contribution in [2.45, 2.75) is 18.9 Å². The quantitative estimate of drug-likeness (QED) is 0.597. The average molecular weight is 462 g/mol. The molecule has 2 heterocycles. The summed E-state index contributed by atoms with van der Waals surface area (Å²) >= 11 is 3.31. The molecule has 1 aliphatic carbocycles. The van der Waals surface area contributed by atoms with Crippen LogP contribution in [0.15, 0.2) is 41.0 Å². The van der Waals surface area contributed by atoms with E-state index in [2.05, 4.69) is 31.1 Å². The van der Waals surface area contributed by atoms with Crippen molar-refractivity contribution in [3.8, 4) is 11.5 Å². The van der Waals surface area contributed by atoms with Crippen LogP contribution in [0.5, 0.6) is 11.5 Å². The van der Waals surface area contributed by atoms with E-state index in [1.165, 1.54) is 25.6 Å². The van der Waals surface area contributed by atoms with Gasteiger partial charge in [-0.25, -0.2) is 4.98 Å². The van der Waals surface area contributed by atoms with E-state index in [0.717, 1.165) is 24.8 Å². The monoisotopic (exact) mass is 461 g/mol. The summed E-state index contributed by atoms with van der Waals surface area (Å²) in [7, 11) is 0. The Balaban J connectivity index is 1.31. The zero-order valence-corrected chi connectivity index (χ0v) is 17.6. The number of anilines is 1. The average Bonchev–Trinajstić information content (AvgIpc) is 3.50. The summed E-state index contributed by atoms with van der Waals surface area (Å²) in [5.41, 5.74) is 0.802. The smallest absolute Gasteiger partial charge is 0.278 e. The second-order valence-corrected chi connectivity index (χ2v) is 8.37. The summed E-state index contributed by atoms with van der Waals surface area (Å²) in [5, 5.41) is 11.8. The Kier molecular flexibility index (Phi) is 6.32. The van der Waals surface area contributed by atoms with Gasteiger partial charge in [0.15, 0.2) is 11.4 Å². The molecule has 154 valence electrons. The van der Waals surface area contributed by atoms with Crippen molar-refractivity contribution in [1.29, 1.82) is 0 Å². The second kappa shape index (κ2) is 9.11. The van der Waals surface area contributed by atoms with E-state index in [-0.39, 0.29) is 30.9 Å². The summed E-state index contributed by atoms with van der Waals surface area (Å²) in [6, 6.07) is 8.98. The number of nitrogens with one attached hydrogen (secondary N) is 1. The number of nitrogens with zero attached hydrogens (tertiary/aromatic N) is 2. The highest BCUT2D eigenvalue weighted by molar-refractivity contribution is 9.10. The van der Waals surface area contributed by atoms with Crippen LogP contribution in [-0.4, -0.2) is 59.8 Å². The van der Waals surface area contributed by atoms with Crippen molar-refractivity contribution >= 4 is 27.5 Å². The van der Waals surface area contributed by atoms with Gasteiger partial charge in [-0.2, -0.15) is 0 Å². The van der Waals surface area contributed by atoms with Crippen molar-refractivity contribution in [3.05, 3.63) is 46.7 Å². The molecule has 2 N–H and O–H groups in total. The van der Waals surface area contributed by atoms with Crippen LogP contribution in [0.1, 0.15) is 23.3 Å². The van der Waals surface area contributed by atoms with Crippen LogP contribution < -0.4 is 14.8 Å². The van der Waals surface area contributed by atoms with Crippen LogP contribution in [-0.2, 0) is 0 Å². The van der Waals surface area contributed by atoms with Crippen molar-refractivity contribution in [2.24, 2.45) is 5.92 Å². The van der Waals surface area contributed by atoms with Gasteiger partial charge >= 0.3 is 0 Å². The molecule has 1 saturated heterocycles. The fourth-order valence-electron chi connectivity index (χ4n) is 3.27. The van der Waals surface area contributed by atoms with Crippen LogP contribution in [0.4, 0.5) is 5.69 Å². The van der Waals surface area contributed by atoms with Gasteiger partial charge in [0.25, 0.3) is 5.91 Å². The molecule has 8 heteroatoms. The van der Waals surface area contributed by atoms with Crippen LogP contribution in [0.25, 0.3) is 0 Å². The van der Waals surface area contributed by atoms with Crippen molar-refractivity contribution in [2.75, 3.05) is 38.2 Å². The lowest BCUT2D eigenvalue weighted by Gasteiger charge is -2.39. The van der Waals surface area contributed by atoms with Crippen molar-refractivity contribution < 1.29 is 19.4 Å². The van der Waals surface area contributed by atoms with Crippen molar-refractivity contribution in [3.63, 3.8) is 0 Å². The Bertz CT molecular complexity index is 852. The van der Waals surface area contributed by atoms with E-state index >= 15 is 0 Å². The molecule has 1 amide bonds. The minimum absolute atomic E-state index is 0.0870. The summed E-state index contributed by atoms with van der Waals surface area (Å²) in [4.78, 5) is 19.2. The predicted molar refractivity (Wildman–Crippen MR) is 112 cm³/mol. The van der Waals surface area contributed by atoms with Gasteiger partial charge in [0.2, 0.25) is 0 Å².